The Hall–Kier alpha value is -0.0400. The van der Waals surface area contributed by atoms with Crippen LogP contribution >= 0.6 is 0 Å². The lowest BCUT2D eigenvalue weighted by molar-refractivity contribution is -0.0714. The van der Waals surface area contributed by atoms with Gasteiger partial charge in [0.05, 0.1) is 0 Å². The molecule has 0 spiro atoms. The molecule has 80 valence electrons. The molecule has 4 fully saturated rings. The third-order valence-electron chi connectivity index (χ3n) is 5.01. The van der Waals surface area contributed by atoms with Gasteiger partial charge in [-0.1, -0.05) is 13.3 Å². The fraction of sp³-hybridized carbons (Fsp3) is 1.00. The minimum atomic E-state index is 0.263. The van der Waals surface area contributed by atoms with Gasteiger partial charge in [-0.05, 0) is 62.2 Å². The van der Waals surface area contributed by atoms with Gasteiger partial charge in [0, 0.05) is 5.54 Å². The van der Waals surface area contributed by atoms with Crippen molar-refractivity contribution in [2.24, 2.45) is 23.0 Å². The molecule has 0 radical (unpaired) electrons. The monoisotopic (exact) mass is 193 g/mol. The quantitative estimate of drug-likeness (QED) is 0.716. The maximum Gasteiger partial charge on any atom is 0.0164 e. The van der Waals surface area contributed by atoms with Gasteiger partial charge in [0.25, 0.3) is 0 Å². The van der Waals surface area contributed by atoms with E-state index in [2.05, 4.69) is 6.92 Å². The molecule has 0 heterocycles. The zero-order valence-corrected chi connectivity index (χ0v) is 9.39. The molecular weight excluding hydrogens is 170 g/mol. The predicted molar refractivity (Wildman–Crippen MR) is 58.9 cm³/mol. The van der Waals surface area contributed by atoms with Crippen LogP contribution in [-0.4, -0.2) is 5.54 Å². The maximum absolute atomic E-state index is 6.54. The number of nitrogens with two attached hydrogens (primary N) is 1. The lowest BCUT2D eigenvalue weighted by Gasteiger charge is -2.61. The van der Waals surface area contributed by atoms with Crippen molar-refractivity contribution in [3.05, 3.63) is 0 Å². The van der Waals surface area contributed by atoms with Gasteiger partial charge in [-0.25, -0.2) is 0 Å². The Labute approximate surface area is 87.4 Å². The van der Waals surface area contributed by atoms with Crippen LogP contribution in [0, 0.1) is 17.3 Å². The van der Waals surface area contributed by atoms with Gasteiger partial charge in [-0.2, -0.15) is 0 Å². The Kier molecular flexibility index (Phi) is 1.81. The summed E-state index contributed by atoms with van der Waals surface area (Å²) in [5.41, 5.74) is 7.49. The molecule has 2 N–H and O–H groups in total. The van der Waals surface area contributed by atoms with Crippen molar-refractivity contribution in [1.29, 1.82) is 0 Å². The van der Waals surface area contributed by atoms with Crippen molar-refractivity contribution in [3.63, 3.8) is 0 Å². The van der Waals surface area contributed by atoms with Crippen LogP contribution in [0.4, 0.5) is 0 Å². The standard InChI is InChI=1S/C13H23N/c1-2-3-12-5-10-4-11(6-12)8-13(14,7-10)9-12/h10-11H,2-9,14H2,1H3/t10-,11+,12?,13?. The molecule has 0 aromatic rings. The van der Waals surface area contributed by atoms with Crippen LogP contribution in [0.1, 0.15) is 58.3 Å². The molecule has 0 aromatic heterocycles. The first kappa shape index (κ1) is 9.21. The molecule has 4 aliphatic carbocycles. The summed E-state index contributed by atoms with van der Waals surface area (Å²) in [5, 5.41) is 0. The lowest BCUT2D eigenvalue weighted by atomic mass is 9.46. The third kappa shape index (κ3) is 1.25. The van der Waals surface area contributed by atoms with E-state index >= 15 is 0 Å². The molecule has 4 rings (SSSR count). The predicted octanol–water partition coefficient (Wildman–Crippen LogP) is 3.08. The highest BCUT2D eigenvalue weighted by atomic mass is 14.8. The maximum atomic E-state index is 6.54. The molecule has 4 saturated carbocycles. The SMILES string of the molecule is CCCC12C[C@@H]3C[C@@H](CC(N)(C3)C1)C2. The average molecular weight is 193 g/mol. The zero-order valence-electron chi connectivity index (χ0n) is 9.39. The molecule has 4 atom stereocenters. The summed E-state index contributed by atoms with van der Waals surface area (Å²) < 4.78 is 0. The van der Waals surface area contributed by atoms with Crippen molar-refractivity contribution in [2.75, 3.05) is 0 Å². The molecule has 0 saturated heterocycles. The van der Waals surface area contributed by atoms with E-state index < -0.39 is 0 Å². The fourth-order valence-corrected chi connectivity index (χ4v) is 5.35. The average Bonchev–Trinajstić information content (AvgIpc) is 1.97. The summed E-state index contributed by atoms with van der Waals surface area (Å²) in [4.78, 5) is 0. The molecule has 0 amide bonds. The van der Waals surface area contributed by atoms with Crippen molar-refractivity contribution in [3.8, 4) is 0 Å². The molecule has 2 unspecified atom stereocenters. The first-order chi connectivity index (χ1) is 6.63. The highest BCUT2D eigenvalue weighted by Gasteiger charge is 2.55. The van der Waals surface area contributed by atoms with Gasteiger partial charge in [0.15, 0.2) is 0 Å². The van der Waals surface area contributed by atoms with Gasteiger partial charge in [-0.15, -0.1) is 0 Å². The van der Waals surface area contributed by atoms with Crippen LogP contribution in [-0.2, 0) is 0 Å². The number of rotatable bonds is 2. The summed E-state index contributed by atoms with van der Waals surface area (Å²) in [5.74, 6) is 1.99. The Bertz CT molecular complexity index is 232. The van der Waals surface area contributed by atoms with Gasteiger partial charge < -0.3 is 5.73 Å². The topological polar surface area (TPSA) is 26.0 Å². The van der Waals surface area contributed by atoms with Crippen molar-refractivity contribution in [2.45, 2.75) is 63.8 Å². The zero-order chi connectivity index (χ0) is 9.81. The first-order valence-electron chi connectivity index (χ1n) is 6.42. The van der Waals surface area contributed by atoms with Gasteiger partial charge >= 0.3 is 0 Å². The van der Waals surface area contributed by atoms with Crippen LogP contribution in [0.3, 0.4) is 0 Å². The third-order valence-corrected chi connectivity index (χ3v) is 5.01. The van der Waals surface area contributed by atoms with E-state index in [1.54, 1.807) is 0 Å². The largest absolute Gasteiger partial charge is 0.325 e. The molecule has 14 heavy (non-hydrogen) atoms. The van der Waals surface area contributed by atoms with Crippen LogP contribution in [0.25, 0.3) is 0 Å². The van der Waals surface area contributed by atoms with Gasteiger partial charge in [0.2, 0.25) is 0 Å². The molecule has 1 nitrogen and oxygen atoms in total. The van der Waals surface area contributed by atoms with E-state index in [-0.39, 0.29) is 5.54 Å². The highest BCUT2D eigenvalue weighted by molar-refractivity contribution is 5.10. The molecular formula is C13H23N. The van der Waals surface area contributed by atoms with E-state index in [4.69, 9.17) is 5.73 Å². The second-order valence-corrected chi connectivity index (χ2v) is 6.57. The Morgan fingerprint density at radius 1 is 1.14 bits per heavy atom. The second-order valence-electron chi connectivity index (χ2n) is 6.57. The number of hydrogen-bond acceptors (Lipinski definition) is 1. The first-order valence-corrected chi connectivity index (χ1v) is 6.42. The molecule has 0 aromatic carbocycles. The van der Waals surface area contributed by atoms with E-state index in [0.717, 1.165) is 11.8 Å². The summed E-state index contributed by atoms with van der Waals surface area (Å²) in [6.45, 7) is 2.34. The Balaban J connectivity index is 1.89. The van der Waals surface area contributed by atoms with E-state index in [0.29, 0.717) is 5.41 Å². The van der Waals surface area contributed by atoms with Gasteiger partial charge in [0.1, 0.15) is 0 Å². The van der Waals surface area contributed by atoms with E-state index in [1.807, 2.05) is 0 Å². The minimum absolute atomic E-state index is 0.263. The van der Waals surface area contributed by atoms with Crippen LogP contribution in [0.5, 0.6) is 0 Å². The highest BCUT2D eigenvalue weighted by Crippen LogP contribution is 2.62. The van der Waals surface area contributed by atoms with Crippen molar-refractivity contribution >= 4 is 0 Å². The molecule has 0 aliphatic heterocycles. The lowest BCUT2D eigenvalue weighted by Crippen LogP contribution is -2.59. The normalized spacial score (nSPS) is 55.3. The molecule has 4 aliphatic rings. The Morgan fingerprint density at radius 2 is 1.79 bits per heavy atom. The van der Waals surface area contributed by atoms with Crippen LogP contribution in [0.2, 0.25) is 0 Å². The van der Waals surface area contributed by atoms with Crippen LogP contribution in [0.15, 0.2) is 0 Å². The fourth-order valence-electron chi connectivity index (χ4n) is 5.35. The van der Waals surface area contributed by atoms with Gasteiger partial charge in [-0.3, -0.25) is 0 Å². The Morgan fingerprint density at radius 3 is 2.29 bits per heavy atom. The summed E-state index contributed by atoms with van der Waals surface area (Å²) in [6, 6.07) is 0. The molecule has 4 bridgehead atoms. The van der Waals surface area contributed by atoms with E-state index in [1.165, 1.54) is 51.4 Å². The summed E-state index contributed by atoms with van der Waals surface area (Å²) in [6.07, 6.45) is 11.4. The van der Waals surface area contributed by atoms with Crippen LogP contribution < -0.4 is 5.73 Å². The minimum Gasteiger partial charge on any atom is -0.325 e. The van der Waals surface area contributed by atoms with E-state index in [9.17, 15) is 0 Å². The summed E-state index contributed by atoms with van der Waals surface area (Å²) in [7, 11) is 0. The summed E-state index contributed by atoms with van der Waals surface area (Å²) >= 11 is 0. The number of hydrogen-bond donors (Lipinski definition) is 1. The second kappa shape index (κ2) is 2.75. The smallest absolute Gasteiger partial charge is 0.0164 e. The van der Waals surface area contributed by atoms with Crippen molar-refractivity contribution in [1.82, 2.24) is 0 Å². The van der Waals surface area contributed by atoms with Crippen molar-refractivity contribution < 1.29 is 0 Å². The molecule has 1 heteroatoms.